The van der Waals surface area contributed by atoms with Gasteiger partial charge in [-0.3, -0.25) is 0 Å². The van der Waals surface area contributed by atoms with Gasteiger partial charge in [-0.15, -0.1) is 11.3 Å². The molecule has 0 bridgehead atoms. The van der Waals surface area contributed by atoms with E-state index in [0.29, 0.717) is 13.1 Å². The smallest absolute Gasteiger partial charge is 0.318 e. The van der Waals surface area contributed by atoms with Crippen LogP contribution in [0.2, 0.25) is 0 Å². The Morgan fingerprint density at radius 3 is 2.72 bits per heavy atom. The van der Waals surface area contributed by atoms with Gasteiger partial charge in [-0.05, 0) is 20.3 Å². The first kappa shape index (κ1) is 13.3. The Bertz CT molecular complexity index is 421. The minimum Gasteiger partial charge on any atom is -0.389 e. The first-order valence-electron chi connectivity index (χ1n) is 6.18. The fraction of sp³-hybridized carbons (Fsp3) is 0.667. The van der Waals surface area contributed by atoms with Crippen molar-refractivity contribution in [3.05, 3.63) is 15.6 Å². The molecule has 0 saturated carbocycles. The Morgan fingerprint density at radius 1 is 1.61 bits per heavy atom. The first-order chi connectivity index (χ1) is 8.51. The number of likely N-dealkylation sites (tertiary alicyclic amines) is 1. The van der Waals surface area contributed by atoms with Crippen molar-refractivity contribution in [3.8, 4) is 0 Å². The Morgan fingerprint density at radius 2 is 2.28 bits per heavy atom. The van der Waals surface area contributed by atoms with Gasteiger partial charge in [0.1, 0.15) is 5.01 Å². The Balaban J connectivity index is 1.99. The fourth-order valence-electron chi connectivity index (χ4n) is 1.85. The summed E-state index contributed by atoms with van der Waals surface area (Å²) in [5, 5.41) is 13.1. The monoisotopic (exact) mass is 269 g/mol. The van der Waals surface area contributed by atoms with Crippen LogP contribution >= 0.6 is 11.3 Å². The molecule has 0 aromatic carbocycles. The van der Waals surface area contributed by atoms with Crippen LogP contribution in [0.4, 0.5) is 4.79 Å². The maximum atomic E-state index is 11.9. The van der Waals surface area contributed by atoms with E-state index in [0.717, 1.165) is 17.1 Å². The average molecular weight is 269 g/mol. The number of aryl methyl sites for hydroxylation is 2. The van der Waals surface area contributed by atoms with Gasteiger partial charge < -0.3 is 15.3 Å². The van der Waals surface area contributed by atoms with Gasteiger partial charge in [-0.25, -0.2) is 9.78 Å². The predicted molar refractivity (Wildman–Crippen MR) is 70.7 cm³/mol. The van der Waals surface area contributed by atoms with Crippen LogP contribution in [0.25, 0.3) is 0 Å². The van der Waals surface area contributed by atoms with Gasteiger partial charge in [-0.2, -0.15) is 0 Å². The van der Waals surface area contributed by atoms with Crippen LogP contribution in [0.15, 0.2) is 0 Å². The zero-order chi connectivity index (χ0) is 13.3. The number of nitrogens with one attached hydrogen (secondary N) is 1. The van der Waals surface area contributed by atoms with Crippen molar-refractivity contribution in [1.29, 1.82) is 0 Å². The number of aliphatic hydroxyl groups is 1. The largest absolute Gasteiger partial charge is 0.389 e. The number of aliphatic hydroxyl groups excluding tert-OH is 1. The molecule has 100 valence electrons. The zero-order valence-corrected chi connectivity index (χ0v) is 11.8. The van der Waals surface area contributed by atoms with Crippen molar-refractivity contribution < 1.29 is 9.90 Å². The molecule has 1 aromatic heterocycles. The molecule has 5 nitrogen and oxygen atoms in total. The third kappa shape index (κ3) is 2.64. The third-order valence-electron chi connectivity index (χ3n) is 3.20. The second-order valence-electron chi connectivity index (χ2n) is 4.66. The maximum absolute atomic E-state index is 11.9. The minimum atomic E-state index is -0.361. The van der Waals surface area contributed by atoms with Crippen molar-refractivity contribution in [3.63, 3.8) is 0 Å². The molecular formula is C12H19N3O2S. The van der Waals surface area contributed by atoms with Gasteiger partial charge in [0.15, 0.2) is 0 Å². The molecule has 18 heavy (non-hydrogen) atoms. The van der Waals surface area contributed by atoms with E-state index < -0.39 is 0 Å². The van der Waals surface area contributed by atoms with E-state index in [1.165, 1.54) is 4.88 Å². The zero-order valence-electron chi connectivity index (χ0n) is 10.9. The van der Waals surface area contributed by atoms with Crippen LogP contribution in [-0.4, -0.2) is 40.2 Å². The molecule has 1 unspecified atom stereocenters. The SMILES string of the molecule is CCC(NC(=O)N1CC(O)C1)c1nc(C)c(C)s1. The molecular weight excluding hydrogens is 250 g/mol. The van der Waals surface area contributed by atoms with E-state index in [-0.39, 0.29) is 18.2 Å². The summed E-state index contributed by atoms with van der Waals surface area (Å²) in [6.45, 7) is 6.91. The Hall–Kier alpha value is -1.14. The van der Waals surface area contributed by atoms with E-state index >= 15 is 0 Å². The normalized spacial score (nSPS) is 17.4. The molecule has 1 saturated heterocycles. The van der Waals surface area contributed by atoms with E-state index in [1.54, 1.807) is 16.2 Å². The summed E-state index contributed by atoms with van der Waals surface area (Å²) in [7, 11) is 0. The number of aromatic nitrogens is 1. The summed E-state index contributed by atoms with van der Waals surface area (Å²) in [6.07, 6.45) is 0.453. The number of hydrogen-bond acceptors (Lipinski definition) is 4. The Kier molecular flexibility index (Phi) is 3.87. The summed E-state index contributed by atoms with van der Waals surface area (Å²) in [4.78, 5) is 19.2. The van der Waals surface area contributed by atoms with Crippen molar-refractivity contribution in [2.75, 3.05) is 13.1 Å². The van der Waals surface area contributed by atoms with E-state index in [2.05, 4.69) is 10.3 Å². The highest BCUT2D eigenvalue weighted by Gasteiger charge is 2.30. The van der Waals surface area contributed by atoms with Crippen LogP contribution in [0.3, 0.4) is 0 Å². The molecule has 1 aliphatic heterocycles. The Labute approximate surface area is 111 Å². The lowest BCUT2D eigenvalue weighted by Crippen LogP contribution is -2.57. The molecule has 0 aliphatic carbocycles. The second-order valence-corrected chi connectivity index (χ2v) is 5.90. The molecule has 1 aromatic rings. The van der Waals surface area contributed by atoms with E-state index in [1.807, 2.05) is 20.8 Å². The number of carbonyl (C=O) groups excluding carboxylic acids is 1. The van der Waals surface area contributed by atoms with Gasteiger partial charge in [0.05, 0.1) is 30.9 Å². The lowest BCUT2D eigenvalue weighted by molar-refractivity contribution is 0.0257. The van der Waals surface area contributed by atoms with Gasteiger partial charge in [0.25, 0.3) is 0 Å². The average Bonchev–Trinajstić information content (AvgIpc) is 2.62. The van der Waals surface area contributed by atoms with Gasteiger partial charge in [0.2, 0.25) is 0 Å². The maximum Gasteiger partial charge on any atom is 0.318 e. The summed E-state index contributed by atoms with van der Waals surface area (Å²) in [5.74, 6) is 0. The molecule has 2 rings (SSSR count). The van der Waals surface area contributed by atoms with Crippen LogP contribution in [-0.2, 0) is 0 Å². The van der Waals surface area contributed by atoms with E-state index in [9.17, 15) is 9.90 Å². The number of amides is 2. The highest BCUT2D eigenvalue weighted by atomic mass is 32.1. The molecule has 1 fully saturated rings. The molecule has 6 heteroatoms. The third-order valence-corrected chi connectivity index (χ3v) is 4.39. The first-order valence-corrected chi connectivity index (χ1v) is 7.00. The van der Waals surface area contributed by atoms with Crippen LogP contribution < -0.4 is 5.32 Å². The molecule has 2 N–H and O–H groups in total. The van der Waals surface area contributed by atoms with Crippen LogP contribution in [0, 0.1) is 13.8 Å². The molecule has 0 radical (unpaired) electrons. The van der Waals surface area contributed by atoms with Crippen LogP contribution in [0.5, 0.6) is 0 Å². The quantitative estimate of drug-likeness (QED) is 0.876. The summed E-state index contributed by atoms with van der Waals surface area (Å²) in [6, 6.07) is -0.148. The van der Waals surface area contributed by atoms with Crippen molar-refractivity contribution in [1.82, 2.24) is 15.2 Å². The van der Waals surface area contributed by atoms with Crippen molar-refractivity contribution in [2.45, 2.75) is 39.3 Å². The molecule has 2 heterocycles. The highest BCUT2D eigenvalue weighted by Crippen LogP contribution is 2.25. The lowest BCUT2D eigenvalue weighted by atomic mass is 10.2. The molecule has 1 aliphatic rings. The topological polar surface area (TPSA) is 65.5 Å². The number of β-amino-alcohol motifs (C(OH)–C–C–N with tert-alkyl or cyclic N) is 1. The summed E-state index contributed by atoms with van der Waals surface area (Å²) in [5.41, 5.74) is 1.03. The molecule has 2 amide bonds. The summed E-state index contributed by atoms with van der Waals surface area (Å²) >= 11 is 1.63. The number of rotatable bonds is 3. The number of carbonyl (C=O) groups is 1. The highest BCUT2D eigenvalue weighted by molar-refractivity contribution is 7.11. The lowest BCUT2D eigenvalue weighted by Gasteiger charge is -2.36. The predicted octanol–water partition coefficient (Wildman–Crippen LogP) is 1.60. The molecule has 1 atom stereocenters. The summed E-state index contributed by atoms with van der Waals surface area (Å²) < 4.78 is 0. The van der Waals surface area contributed by atoms with Gasteiger partial charge in [-0.1, -0.05) is 6.92 Å². The van der Waals surface area contributed by atoms with Crippen molar-refractivity contribution in [2.24, 2.45) is 0 Å². The van der Waals surface area contributed by atoms with E-state index in [4.69, 9.17) is 0 Å². The van der Waals surface area contributed by atoms with Gasteiger partial charge >= 0.3 is 6.03 Å². The number of hydrogen-bond donors (Lipinski definition) is 2. The van der Waals surface area contributed by atoms with Crippen LogP contribution in [0.1, 0.15) is 35.0 Å². The minimum absolute atomic E-state index is 0.0346. The number of nitrogens with zero attached hydrogens (tertiary/aromatic N) is 2. The standard InChI is InChI=1S/C12H19N3O2S/c1-4-10(11-13-7(2)8(3)18-11)14-12(17)15-5-9(16)6-15/h9-10,16H,4-6H2,1-3H3,(H,14,17). The van der Waals surface area contributed by atoms with Gasteiger partial charge in [0, 0.05) is 4.88 Å². The second kappa shape index (κ2) is 5.24. The van der Waals surface area contributed by atoms with Crippen molar-refractivity contribution >= 4 is 17.4 Å². The number of thiazole rings is 1. The number of urea groups is 1. The molecule has 0 spiro atoms. The fourth-order valence-corrected chi connectivity index (χ4v) is 2.90.